The first-order chi connectivity index (χ1) is 12.7. The summed E-state index contributed by atoms with van der Waals surface area (Å²) in [7, 11) is 0. The van der Waals surface area contributed by atoms with Crippen molar-refractivity contribution in [3.05, 3.63) is 47.5 Å². The molecule has 0 spiro atoms. The standard InChI is InChI=1S/C18H19ClN6O/c19-14-4-2-1-3-13(14)9-20-18(26)12-5-7-25(8-6-12)17-15-16(22-10-21-15)23-11-24-17/h1-4,10-12H,5-9H2,(H,20,26)(H,21,22,23,24). The zero-order valence-electron chi connectivity index (χ0n) is 14.2. The largest absolute Gasteiger partial charge is 0.355 e. The number of piperidine rings is 1. The Hall–Kier alpha value is -2.67. The van der Waals surface area contributed by atoms with Crippen LogP contribution in [0.25, 0.3) is 11.2 Å². The average Bonchev–Trinajstić information content (AvgIpc) is 3.16. The van der Waals surface area contributed by atoms with Gasteiger partial charge >= 0.3 is 0 Å². The van der Waals surface area contributed by atoms with E-state index in [-0.39, 0.29) is 11.8 Å². The highest BCUT2D eigenvalue weighted by atomic mass is 35.5. The third kappa shape index (κ3) is 3.35. The number of carbonyl (C=O) groups excluding carboxylic acids is 1. The Kier molecular flexibility index (Phi) is 4.71. The average molecular weight is 371 g/mol. The molecule has 3 aromatic rings. The molecule has 1 amide bonds. The van der Waals surface area contributed by atoms with Crippen LogP contribution in [0.4, 0.5) is 5.82 Å². The number of benzene rings is 1. The number of aromatic nitrogens is 4. The Labute approximate surface area is 155 Å². The maximum absolute atomic E-state index is 12.5. The SMILES string of the molecule is O=C(NCc1ccccc1Cl)C1CCN(c2ncnc3nc[nH]c23)CC1. The lowest BCUT2D eigenvalue weighted by Gasteiger charge is -2.32. The van der Waals surface area contributed by atoms with E-state index in [0.29, 0.717) is 17.2 Å². The third-order valence-electron chi connectivity index (χ3n) is 4.78. The summed E-state index contributed by atoms with van der Waals surface area (Å²) < 4.78 is 0. The molecule has 1 aliphatic heterocycles. The summed E-state index contributed by atoms with van der Waals surface area (Å²) in [5.74, 6) is 0.939. The van der Waals surface area contributed by atoms with E-state index in [4.69, 9.17) is 11.6 Å². The summed E-state index contributed by atoms with van der Waals surface area (Å²) >= 11 is 6.14. The summed E-state index contributed by atoms with van der Waals surface area (Å²) in [5.41, 5.74) is 2.44. The lowest BCUT2D eigenvalue weighted by atomic mass is 9.95. The molecule has 26 heavy (non-hydrogen) atoms. The lowest BCUT2D eigenvalue weighted by Crippen LogP contribution is -2.40. The van der Waals surface area contributed by atoms with Gasteiger partial charge in [0.1, 0.15) is 11.8 Å². The quantitative estimate of drug-likeness (QED) is 0.737. The number of hydrogen-bond acceptors (Lipinski definition) is 5. The van der Waals surface area contributed by atoms with Crippen molar-refractivity contribution < 1.29 is 4.79 Å². The van der Waals surface area contributed by atoms with Gasteiger partial charge < -0.3 is 15.2 Å². The Morgan fingerprint density at radius 3 is 2.85 bits per heavy atom. The minimum Gasteiger partial charge on any atom is -0.355 e. The van der Waals surface area contributed by atoms with Crippen LogP contribution >= 0.6 is 11.6 Å². The van der Waals surface area contributed by atoms with E-state index in [1.54, 1.807) is 6.33 Å². The van der Waals surface area contributed by atoms with Crippen molar-refractivity contribution in [2.45, 2.75) is 19.4 Å². The lowest BCUT2D eigenvalue weighted by molar-refractivity contribution is -0.125. The Morgan fingerprint density at radius 2 is 2.04 bits per heavy atom. The smallest absolute Gasteiger partial charge is 0.223 e. The molecule has 3 heterocycles. The molecule has 1 fully saturated rings. The molecule has 1 aromatic carbocycles. The zero-order chi connectivity index (χ0) is 17.9. The van der Waals surface area contributed by atoms with E-state index in [2.05, 4.69) is 30.2 Å². The van der Waals surface area contributed by atoms with Gasteiger partial charge in [0, 0.05) is 30.6 Å². The van der Waals surface area contributed by atoms with Gasteiger partial charge in [-0.15, -0.1) is 0 Å². The minimum absolute atomic E-state index is 0.00725. The maximum atomic E-state index is 12.5. The van der Waals surface area contributed by atoms with Crippen LogP contribution in [-0.2, 0) is 11.3 Å². The monoisotopic (exact) mass is 370 g/mol. The molecule has 8 heteroatoms. The Balaban J connectivity index is 1.35. The second-order valence-corrected chi connectivity index (χ2v) is 6.78. The maximum Gasteiger partial charge on any atom is 0.223 e. The van der Waals surface area contributed by atoms with Crippen LogP contribution in [0, 0.1) is 5.92 Å². The summed E-state index contributed by atoms with van der Waals surface area (Å²) in [6, 6.07) is 7.56. The van der Waals surface area contributed by atoms with Crippen molar-refractivity contribution in [2.24, 2.45) is 5.92 Å². The number of amides is 1. The first-order valence-electron chi connectivity index (χ1n) is 8.62. The van der Waals surface area contributed by atoms with Crippen molar-refractivity contribution in [1.29, 1.82) is 0 Å². The van der Waals surface area contributed by atoms with Gasteiger partial charge in [-0.25, -0.2) is 15.0 Å². The zero-order valence-corrected chi connectivity index (χ0v) is 14.9. The van der Waals surface area contributed by atoms with E-state index < -0.39 is 0 Å². The van der Waals surface area contributed by atoms with Crippen LogP contribution in [0.1, 0.15) is 18.4 Å². The number of rotatable bonds is 4. The topological polar surface area (TPSA) is 86.8 Å². The molecule has 2 N–H and O–H groups in total. The predicted molar refractivity (Wildman–Crippen MR) is 99.9 cm³/mol. The molecule has 1 saturated heterocycles. The molecule has 1 aliphatic rings. The summed E-state index contributed by atoms with van der Waals surface area (Å²) in [6.07, 6.45) is 4.72. The van der Waals surface area contributed by atoms with Crippen LogP contribution < -0.4 is 10.2 Å². The van der Waals surface area contributed by atoms with Crippen LogP contribution in [0.3, 0.4) is 0 Å². The molecule has 2 aromatic heterocycles. The van der Waals surface area contributed by atoms with Crippen LogP contribution in [0.5, 0.6) is 0 Å². The molecule has 0 bridgehead atoms. The van der Waals surface area contributed by atoms with Crippen molar-refractivity contribution in [2.75, 3.05) is 18.0 Å². The Morgan fingerprint density at radius 1 is 1.23 bits per heavy atom. The molecule has 134 valence electrons. The van der Waals surface area contributed by atoms with Gasteiger partial charge in [0.2, 0.25) is 5.91 Å². The van der Waals surface area contributed by atoms with Crippen LogP contribution in [-0.4, -0.2) is 38.9 Å². The second kappa shape index (κ2) is 7.29. The minimum atomic E-state index is 0.00725. The van der Waals surface area contributed by atoms with Gasteiger partial charge in [0.05, 0.1) is 6.33 Å². The fourth-order valence-electron chi connectivity index (χ4n) is 3.31. The molecule has 0 aliphatic carbocycles. The number of anilines is 1. The van der Waals surface area contributed by atoms with Gasteiger partial charge in [-0.3, -0.25) is 4.79 Å². The normalized spacial score (nSPS) is 15.3. The molecular weight excluding hydrogens is 352 g/mol. The number of nitrogens with zero attached hydrogens (tertiary/aromatic N) is 4. The molecule has 4 rings (SSSR count). The van der Waals surface area contributed by atoms with E-state index in [1.165, 1.54) is 6.33 Å². The third-order valence-corrected chi connectivity index (χ3v) is 5.15. The van der Waals surface area contributed by atoms with Gasteiger partial charge in [-0.1, -0.05) is 29.8 Å². The second-order valence-electron chi connectivity index (χ2n) is 6.37. The van der Waals surface area contributed by atoms with E-state index in [9.17, 15) is 4.79 Å². The molecular formula is C18H19ClN6O. The van der Waals surface area contributed by atoms with E-state index in [1.807, 2.05) is 24.3 Å². The number of nitrogens with one attached hydrogen (secondary N) is 2. The summed E-state index contributed by atoms with van der Waals surface area (Å²) in [5, 5.41) is 3.68. The van der Waals surface area contributed by atoms with Crippen LogP contribution in [0.2, 0.25) is 5.02 Å². The number of aromatic amines is 1. The predicted octanol–water partition coefficient (Wildman–Crippen LogP) is 2.54. The highest BCUT2D eigenvalue weighted by Gasteiger charge is 2.26. The highest BCUT2D eigenvalue weighted by Crippen LogP contribution is 2.26. The number of H-pyrrole nitrogens is 1. The number of carbonyl (C=O) groups is 1. The van der Waals surface area contributed by atoms with Gasteiger partial charge in [0.25, 0.3) is 0 Å². The molecule has 7 nitrogen and oxygen atoms in total. The van der Waals surface area contributed by atoms with E-state index in [0.717, 1.165) is 42.8 Å². The molecule has 0 atom stereocenters. The summed E-state index contributed by atoms with van der Waals surface area (Å²) in [6.45, 7) is 2.00. The van der Waals surface area contributed by atoms with E-state index >= 15 is 0 Å². The van der Waals surface area contributed by atoms with Crippen molar-refractivity contribution >= 4 is 34.5 Å². The first-order valence-corrected chi connectivity index (χ1v) is 9.00. The Bertz CT molecular complexity index is 919. The molecule has 0 saturated carbocycles. The summed E-state index contributed by atoms with van der Waals surface area (Å²) in [4.78, 5) is 30.5. The molecule has 0 unspecified atom stereocenters. The number of halogens is 1. The van der Waals surface area contributed by atoms with Gasteiger partial charge in [0.15, 0.2) is 11.5 Å². The molecule has 0 radical (unpaired) electrons. The van der Waals surface area contributed by atoms with Crippen molar-refractivity contribution in [1.82, 2.24) is 25.3 Å². The fourth-order valence-corrected chi connectivity index (χ4v) is 3.52. The van der Waals surface area contributed by atoms with Gasteiger partial charge in [-0.2, -0.15) is 0 Å². The van der Waals surface area contributed by atoms with Crippen LogP contribution in [0.15, 0.2) is 36.9 Å². The number of imidazole rings is 1. The van der Waals surface area contributed by atoms with Crippen molar-refractivity contribution in [3.8, 4) is 0 Å². The van der Waals surface area contributed by atoms with Gasteiger partial charge in [-0.05, 0) is 24.5 Å². The fraction of sp³-hybridized carbons (Fsp3) is 0.333. The highest BCUT2D eigenvalue weighted by molar-refractivity contribution is 6.31. The number of fused-ring (bicyclic) bond motifs is 1. The van der Waals surface area contributed by atoms with Crippen molar-refractivity contribution in [3.63, 3.8) is 0 Å². The first kappa shape index (κ1) is 16.8. The number of hydrogen-bond donors (Lipinski definition) is 2.